The Morgan fingerprint density at radius 2 is 2.29 bits per heavy atom. The average Bonchev–Trinajstić information content (AvgIpc) is 2.42. The molecule has 0 aromatic rings. The lowest BCUT2D eigenvalue weighted by Crippen LogP contribution is -2.03. The standard InChI is InChI=1S/C12H18N2/c1-4-10(2)14-12-9-7-5-6-8-11(12)13-3/h7-10H,3-6H2,1-2H3. The molecule has 2 nitrogen and oxygen atoms in total. The minimum Gasteiger partial charge on any atom is -0.280 e. The van der Waals surface area contributed by atoms with Crippen LogP contribution in [0, 0.1) is 0 Å². The molecular weight excluding hydrogens is 172 g/mol. The average molecular weight is 190 g/mol. The molecule has 0 N–H and O–H groups in total. The van der Waals surface area contributed by atoms with Gasteiger partial charge in [-0.15, -0.1) is 0 Å². The smallest absolute Gasteiger partial charge is 0.0834 e. The third kappa shape index (κ3) is 2.95. The van der Waals surface area contributed by atoms with Gasteiger partial charge >= 0.3 is 0 Å². The first-order valence-electron chi connectivity index (χ1n) is 5.19. The Morgan fingerprint density at radius 3 is 2.93 bits per heavy atom. The Labute approximate surface area is 86.2 Å². The molecule has 1 rings (SSSR count). The lowest BCUT2D eigenvalue weighted by Gasteiger charge is -2.05. The molecule has 1 unspecified atom stereocenters. The molecule has 0 heterocycles. The fourth-order valence-electron chi connectivity index (χ4n) is 1.28. The zero-order chi connectivity index (χ0) is 10.4. The summed E-state index contributed by atoms with van der Waals surface area (Å²) in [6.07, 6.45) is 9.47. The van der Waals surface area contributed by atoms with Gasteiger partial charge in [0.1, 0.15) is 0 Å². The normalized spacial score (nSPS) is 21.6. The van der Waals surface area contributed by atoms with Crippen LogP contribution < -0.4 is 0 Å². The van der Waals surface area contributed by atoms with E-state index in [-0.39, 0.29) is 0 Å². The van der Waals surface area contributed by atoms with Crippen molar-refractivity contribution >= 4 is 12.4 Å². The molecule has 2 heteroatoms. The molecule has 0 aromatic carbocycles. The topological polar surface area (TPSA) is 24.7 Å². The van der Waals surface area contributed by atoms with Gasteiger partial charge in [-0.25, -0.2) is 0 Å². The highest BCUT2D eigenvalue weighted by Crippen LogP contribution is 2.12. The Kier molecular flexibility index (Phi) is 4.30. The van der Waals surface area contributed by atoms with Gasteiger partial charge in [-0.05, 0) is 39.0 Å². The van der Waals surface area contributed by atoms with Crippen molar-refractivity contribution in [3.63, 3.8) is 0 Å². The molecule has 1 aliphatic carbocycles. The summed E-state index contributed by atoms with van der Waals surface area (Å²) >= 11 is 0. The van der Waals surface area contributed by atoms with Crippen LogP contribution in [0.1, 0.15) is 33.1 Å². The zero-order valence-corrected chi connectivity index (χ0v) is 9.03. The predicted octanol–water partition coefficient (Wildman–Crippen LogP) is 3.16. The van der Waals surface area contributed by atoms with E-state index >= 15 is 0 Å². The van der Waals surface area contributed by atoms with Crippen LogP contribution in [0.25, 0.3) is 0 Å². The van der Waals surface area contributed by atoms with E-state index in [0.717, 1.165) is 30.7 Å². The van der Waals surface area contributed by atoms with Crippen LogP contribution in [0.5, 0.6) is 0 Å². The summed E-state index contributed by atoms with van der Waals surface area (Å²) in [5, 5.41) is 0. The molecule has 14 heavy (non-hydrogen) atoms. The van der Waals surface area contributed by atoms with Gasteiger partial charge in [0.25, 0.3) is 0 Å². The van der Waals surface area contributed by atoms with Gasteiger partial charge in [-0.2, -0.15) is 0 Å². The molecule has 0 saturated heterocycles. The SMILES string of the molecule is C=NC1=CCCC=CC1=NC(C)CC. The summed E-state index contributed by atoms with van der Waals surface area (Å²) in [5.41, 5.74) is 1.91. The second-order valence-electron chi connectivity index (χ2n) is 3.50. The summed E-state index contributed by atoms with van der Waals surface area (Å²) in [6.45, 7) is 7.83. The van der Waals surface area contributed by atoms with Gasteiger partial charge in [0, 0.05) is 6.04 Å². The van der Waals surface area contributed by atoms with Crippen LogP contribution >= 0.6 is 0 Å². The molecule has 0 aromatic heterocycles. The Hall–Kier alpha value is -1.18. The van der Waals surface area contributed by atoms with E-state index in [0.29, 0.717) is 6.04 Å². The van der Waals surface area contributed by atoms with Crippen LogP contribution in [0.3, 0.4) is 0 Å². The number of hydrogen-bond acceptors (Lipinski definition) is 2. The molecule has 0 saturated carbocycles. The molecule has 0 aliphatic heterocycles. The van der Waals surface area contributed by atoms with E-state index in [1.165, 1.54) is 0 Å². The molecule has 0 radical (unpaired) electrons. The van der Waals surface area contributed by atoms with Gasteiger partial charge in [0.15, 0.2) is 0 Å². The maximum atomic E-state index is 4.59. The Balaban J connectivity index is 2.91. The van der Waals surface area contributed by atoms with Gasteiger partial charge in [-0.3, -0.25) is 9.98 Å². The highest BCUT2D eigenvalue weighted by atomic mass is 14.8. The van der Waals surface area contributed by atoms with Crippen molar-refractivity contribution in [3.05, 3.63) is 23.9 Å². The number of nitrogens with zero attached hydrogens (tertiary/aromatic N) is 2. The monoisotopic (exact) mass is 190 g/mol. The quantitative estimate of drug-likeness (QED) is 0.611. The van der Waals surface area contributed by atoms with Gasteiger partial charge in [0.2, 0.25) is 0 Å². The van der Waals surface area contributed by atoms with Gasteiger partial charge in [-0.1, -0.05) is 19.1 Å². The first-order chi connectivity index (χ1) is 6.77. The van der Waals surface area contributed by atoms with E-state index < -0.39 is 0 Å². The van der Waals surface area contributed by atoms with Crippen molar-refractivity contribution in [1.29, 1.82) is 0 Å². The highest BCUT2D eigenvalue weighted by Gasteiger charge is 2.05. The number of aliphatic imine (C=N–C) groups is 2. The van der Waals surface area contributed by atoms with Crippen LogP contribution in [-0.4, -0.2) is 18.5 Å². The molecular formula is C12H18N2. The first-order valence-corrected chi connectivity index (χ1v) is 5.19. The van der Waals surface area contributed by atoms with Crippen LogP contribution in [0.2, 0.25) is 0 Å². The zero-order valence-electron chi connectivity index (χ0n) is 9.03. The van der Waals surface area contributed by atoms with Crippen LogP contribution in [0.4, 0.5) is 0 Å². The van der Waals surface area contributed by atoms with Crippen molar-refractivity contribution in [1.82, 2.24) is 0 Å². The van der Waals surface area contributed by atoms with E-state index in [2.05, 4.69) is 48.8 Å². The summed E-state index contributed by atoms with van der Waals surface area (Å²) in [7, 11) is 0. The second-order valence-corrected chi connectivity index (χ2v) is 3.50. The lowest BCUT2D eigenvalue weighted by molar-refractivity contribution is 0.718. The van der Waals surface area contributed by atoms with Gasteiger partial charge < -0.3 is 0 Å². The largest absolute Gasteiger partial charge is 0.280 e. The number of allylic oxidation sites excluding steroid dienone is 3. The lowest BCUT2D eigenvalue weighted by atomic mass is 10.2. The molecule has 0 bridgehead atoms. The Bertz CT molecular complexity index is 285. The molecule has 76 valence electrons. The summed E-state index contributed by atoms with van der Waals surface area (Å²) in [4.78, 5) is 8.60. The molecule has 1 aliphatic rings. The van der Waals surface area contributed by atoms with E-state index in [1.807, 2.05) is 0 Å². The second kappa shape index (κ2) is 5.53. The number of rotatable bonds is 3. The minimum atomic E-state index is 0.359. The number of hydrogen-bond donors (Lipinski definition) is 0. The summed E-state index contributed by atoms with van der Waals surface area (Å²) < 4.78 is 0. The molecule has 0 amide bonds. The molecule has 1 atom stereocenters. The fraction of sp³-hybridized carbons (Fsp3) is 0.500. The third-order valence-corrected chi connectivity index (χ3v) is 2.33. The van der Waals surface area contributed by atoms with Gasteiger partial charge in [0.05, 0.1) is 11.4 Å². The van der Waals surface area contributed by atoms with Crippen molar-refractivity contribution in [2.75, 3.05) is 0 Å². The minimum absolute atomic E-state index is 0.359. The van der Waals surface area contributed by atoms with E-state index in [4.69, 9.17) is 0 Å². The maximum Gasteiger partial charge on any atom is 0.0834 e. The maximum absolute atomic E-state index is 4.59. The first kappa shape index (κ1) is 10.9. The fourth-order valence-corrected chi connectivity index (χ4v) is 1.28. The molecule has 0 spiro atoms. The summed E-state index contributed by atoms with van der Waals surface area (Å²) in [6, 6.07) is 0.359. The van der Waals surface area contributed by atoms with Crippen LogP contribution in [-0.2, 0) is 0 Å². The van der Waals surface area contributed by atoms with Crippen LogP contribution in [0.15, 0.2) is 33.9 Å². The van der Waals surface area contributed by atoms with Crippen molar-refractivity contribution < 1.29 is 0 Å². The van der Waals surface area contributed by atoms with E-state index in [9.17, 15) is 0 Å². The predicted molar refractivity (Wildman–Crippen MR) is 63.2 cm³/mol. The van der Waals surface area contributed by atoms with Crippen molar-refractivity contribution in [2.24, 2.45) is 9.98 Å². The molecule has 0 fully saturated rings. The highest BCUT2D eigenvalue weighted by molar-refractivity contribution is 6.08. The Morgan fingerprint density at radius 1 is 1.50 bits per heavy atom. The summed E-state index contributed by atoms with van der Waals surface area (Å²) in [5.74, 6) is 0. The van der Waals surface area contributed by atoms with Crippen molar-refractivity contribution in [2.45, 2.75) is 39.2 Å². The third-order valence-electron chi connectivity index (χ3n) is 2.33. The van der Waals surface area contributed by atoms with E-state index in [1.54, 1.807) is 0 Å². The van der Waals surface area contributed by atoms with Crippen molar-refractivity contribution in [3.8, 4) is 0 Å².